The van der Waals surface area contributed by atoms with E-state index in [4.69, 9.17) is 9.47 Å². The van der Waals surface area contributed by atoms with Crippen LogP contribution >= 0.6 is 11.3 Å². The minimum absolute atomic E-state index is 0.117. The number of thiophene rings is 1. The molecule has 0 N–H and O–H groups in total. The maximum Gasteiger partial charge on any atom is 0.334 e. The van der Waals surface area contributed by atoms with Gasteiger partial charge in [0.2, 0.25) is 0 Å². The number of esters is 2. The Kier molecular flexibility index (Phi) is 5.76. The van der Waals surface area contributed by atoms with Gasteiger partial charge in [0, 0.05) is 10.5 Å². The molecule has 1 heterocycles. The first-order valence-corrected chi connectivity index (χ1v) is 6.97. The van der Waals surface area contributed by atoms with E-state index < -0.39 is 17.9 Å². The van der Waals surface area contributed by atoms with Crippen LogP contribution in [0.5, 0.6) is 0 Å². The summed E-state index contributed by atoms with van der Waals surface area (Å²) in [6, 6.07) is 1.89. The van der Waals surface area contributed by atoms with Gasteiger partial charge in [-0.15, -0.1) is 11.3 Å². The first-order chi connectivity index (χ1) is 9.02. The molecular weight excluding hydrogens is 264 g/mol. The third kappa shape index (κ3) is 3.67. The predicted molar refractivity (Wildman–Crippen MR) is 74.2 cm³/mol. The van der Waals surface area contributed by atoms with Crippen molar-refractivity contribution in [2.75, 3.05) is 13.2 Å². The Morgan fingerprint density at radius 2 is 1.95 bits per heavy atom. The lowest BCUT2D eigenvalue weighted by Gasteiger charge is -2.16. The molecule has 1 unspecified atom stereocenters. The van der Waals surface area contributed by atoms with E-state index in [1.807, 2.05) is 18.4 Å². The topological polar surface area (TPSA) is 52.6 Å². The van der Waals surface area contributed by atoms with Crippen LogP contribution in [0.1, 0.15) is 30.2 Å². The highest BCUT2D eigenvalue weighted by atomic mass is 32.1. The van der Waals surface area contributed by atoms with Crippen molar-refractivity contribution in [3.63, 3.8) is 0 Å². The molecule has 0 spiro atoms. The third-order valence-electron chi connectivity index (χ3n) is 2.57. The fourth-order valence-corrected chi connectivity index (χ4v) is 2.70. The Labute approximate surface area is 117 Å². The van der Waals surface area contributed by atoms with Crippen LogP contribution in [0.4, 0.5) is 0 Å². The molecule has 1 aromatic rings. The summed E-state index contributed by atoms with van der Waals surface area (Å²) in [7, 11) is 0. The number of hydrogen-bond donors (Lipinski definition) is 0. The normalized spacial score (nSPS) is 11.7. The van der Waals surface area contributed by atoms with E-state index in [9.17, 15) is 9.59 Å². The van der Waals surface area contributed by atoms with E-state index in [2.05, 4.69) is 6.58 Å². The van der Waals surface area contributed by atoms with Gasteiger partial charge in [-0.3, -0.25) is 4.79 Å². The second-order valence-electron chi connectivity index (χ2n) is 3.90. The summed E-state index contributed by atoms with van der Waals surface area (Å²) in [5, 5.41) is 1.87. The Bertz CT molecular complexity index is 476. The summed E-state index contributed by atoms with van der Waals surface area (Å²) in [5.74, 6) is -1.81. The summed E-state index contributed by atoms with van der Waals surface area (Å²) in [6.07, 6.45) is 0. The molecule has 0 aliphatic heterocycles. The van der Waals surface area contributed by atoms with Crippen LogP contribution in [0.15, 0.2) is 23.6 Å². The van der Waals surface area contributed by atoms with Crippen molar-refractivity contribution in [1.29, 1.82) is 0 Å². The van der Waals surface area contributed by atoms with Gasteiger partial charge in [0.05, 0.1) is 13.2 Å². The lowest BCUT2D eigenvalue weighted by molar-refractivity contribution is -0.147. The maximum absolute atomic E-state index is 12.1. The second-order valence-corrected chi connectivity index (χ2v) is 4.85. The van der Waals surface area contributed by atoms with Crippen LogP contribution in [0, 0.1) is 6.92 Å². The molecule has 1 aromatic heterocycles. The van der Waals surface area contributed by atoms with Gasteiger partial charge >= 0.3 is 11.9 Å². The average molecular weight is 282 g/mol. The van der Waals surface area contributed by atoms with Crippen molar-refractivity contribution in [2.24, 2.45) is 0 Å². The average Bonchev–Trinajstić information content (AvgIpc) is 2.76. The van der Waals surface area contributed by atoms with Crippen molar-refractivity contribution in [2.45, 2.75) is 26.7 Å². The van der Waals surface area contributed by atoms with E-state index >= 15 is 0 Å². The van der Waals surface area contributed by atoms with Crippen LogP contribution in [0.3, 0.4) is 0 Å². The van der Waals surface area contributed by atoms with E-state index in [0.717, 1.165) is 10.4 Å². The monoisotopic (exact) mass is 282 g/mol. The fourth-order valence-electron chi connectivity index (χ4n) is 1.65. The molecule has 5 heteroatoms. The number of aryl methyl sites for hydroxylation is 1. The van der Waals surface area contributed by atoms with Crippen LogP contribution in [0.2, 0.25) is 0 Å². The highest BCUT2D eigenvalue weighted by molar-refractivity contribution is 7.10. The highest BCUT2D eigenvalue weighted by Gasteiger charge is 2.32. The van der Waals surface area contributed by atoms with E-state index in [0.29, 0.717) is 0 Å². The Hall–Kier alpha value is -1.62. The number of ether oxygens (including phenoxy) is 2. The zero-order valence-electron chi connectivity index (χ0n) is 11.4. The maximum atomic E-state index is 12.1. The minimum Gasteiger partial charge on any atom is -0.465 e. The lowest BCUT2D eigenvalue weighted by atomic mass is 9.96. The smallest absolute Gasteiger partial charge is 0.334 e. The third-order valence-corrected chi connectivity index (χ3v) is 3.66. The first kappa shape index (κ1) is 15.4. The Morgan fingerprint density at radius 1 is 1.32 bits per heavy atom. The molecule has 4 nitrogen and oxygen atoms in total. The second kappa shape index (κ2) is 7.09. The van der Waals surface area contributed by atoms with Gasteiger partial charge in [0.15, 0.2) is 0 Å². The van der Waals surface area contributed by atoms with Gasteiger partial charge < -0.3 is 9.47 Å². The quantitative estimate of drug-likeness (QED) is 0.594. The van der Waals surface area contributed by atoms with Crippen LogP contribution in [0.25, 0.3) is 0 Å². The molecule has 1 atom stereocenters. The zero-order chi connectivity index (χ0) is 14.4. The zero-order valence-corrected chi connectivity index (χ0v) is 12.2. The number of rotatable bonds is 6. The molecule has 0 aromatic carbocycles. The fraction of sp³-hybridized carbons (Fsp3) is 0.429. The SMILES string of the molecule is C=C(C(=O)OCC)C(C(=O)OCC)c1sccc1C. The molecule has 1 rings (SSSR count). The molecule has 0 amide bonds. The molecule has 0 bridgehead atoms. The molecule has 0 radical (unpaired) electrons. The van der Waals surface area contributed by atoms with Gasteiger partial charge in [0.25, 0.3) is 0 Å². The highest BCUT2D eigenvalue weighted by Crippen LogP contribution is 2.32. The molecule has 19 heavy (non-hydrogen) atoms. The van der Waals surface area contributed by atoms with E-state index in [1.54, 1.807) is 13.8 Å². The molecule has 104 valence electrons. The van der Waals surface area contributed by atoms with E-state index in [-0.39, 0.29) is 18.8 Å². The van der Waals surface area contributed by atoms with Gasteiger partial charge in [-0.05, 0) is 37.8 Å². The number of hydrogen-bond acceptors (Lipinski definition) is 5. The van der Waals surface area contributed by atoms with Crippen LogP contribution in [-0.2, 0) is 19.1 Å². The summed E-state index contributed by atoms with van der Waals surface area (Å²) in [5.41, 5.74) is 1.05. The van der Waals surface area contributed by atoms with E-state index in [1.165, 1.54) is 11.3 Å². The predicted octanol–water partition coefficient (Wildman–Crippen LogP) is 2.82. The van der Waals surface area contributed by atoms with Gasteiger partial charge in [-0.1, -0.05) is 6.58 Å². The van der Waals surface area contributed by atoms with Crippen molar-refractivity contribution in [3.8, 4) is 0 Å². The largest absolute Gasteiger partial charge is 0.465 e. The van der Waals surface area contributed by atoms with Gasteiger partial charge in [-0.2, -0.15) is 0 Å². The first-order valence-electron chi connectivity index (χ1n) is 6.09. The molecular formula is C14H18O4S. The summed E-state index contributed by atoms with van der Waals surface area (Å²) in [4.78, 5) is 24.6. The standard InChI is InChI=1S/C14H18O4S/c1-5-17-13(15)10(4)11(14(16)18-6-2)12-9(3)7-8-19-12/h7-8,11H,4-6H2,1-3H3. The molecule has 0 aliphatic carbocycles. The summed E-state index contributed by atoms with van der Waals surface area (Å²) >= 11 is 1.41. The molecule has 0 fully saturated rings. The summed E-state index contributed by atoms with van der Waals surface area (Å²) < 4.78 is 9.94. The van der Waals surface area contributed by atoms with Gasteiger partial charge in [0.1, 0.15) is 5.92 Å². The van der Waals surface area contributed by atoms with Crippen molar-refractivity contribution >= 4 is 23.3 Å². The van der Waals surface area contributed by atoms with Crippen LogP contribution in [-0.4, -0.2) is 25.2 Å². The number of carbonyl (C=O) groups is 2. The van der Waals surface area contributed by atoms with Crippen molar-refractivity contribution in [3.05, 3.63) is 34.0 Å². The van der Waals surface area contributed by atoms with Crippen LogP contribution < -0.4 is 0 Å². The lowest BCUT2D eigenvalue weighted by Crippen LogP contribution is -2.23. The molecule has 0 saturated heterocycles. The molecule has 0 aliphatic rings. The summed E-state index contributed by atoms with van der Waals surface area (Å²) in [6.45, 7) is 9.53. The number of carbonyl (C=O) groups excluding carboxylic acids is 2. The van der Waals surface area contributed by atoms with Gasteiger partial charge in [-0.25, -0.2) is 4.79 Å². The molecule has 0 saturated carbocycles. The van der Waals surface area contributed by atoms with Crippen molar-refractivity contribution < 1.29 is 19.1 Å². The minimum atomic E-state index is -0.779. The van der Waals surface area contributed by atoms with Crippen molar-refractivity contribution in [1.82, 2.24) is 0 Å². The Balaban J connectivity index is 3.06. The Morgan fingerprint density at radius 3 is 2.42 bits per heavy atom.